The number of aromatic amines is 1. The zero-order chi connectivity index (χ0) is 27.5. The molecule has 0 spiro atoms. The standard InChI is InChI=1S/C26H32N4O6S2.ClH/c1-4-30(38(3,34)35)20-8-10-22-23-11-9-21(16-25(23)28-24(22)15-20)36-13-12-27-17-26(31)18-6-5-7-19(14-18)29-37(2,32)33;/h5-11,14-16,26-29,31H,4,12-13,17H2,1-3H3;1H/t26-;/m0./s1. The topological polar surface area (TPSA) is 141 Å². The average molecular weight is 597 g/mol. The van der Waals surface area contributed by atoms with Gasteiger partial charge in [-0.3, -0.25) is 9.03 Å². The molecule has 0 saturated heterocycles. The quantitative estimate of drug-likeness (QED) is 0.183. The molecule has 0 fully saturated rings. The Morgan fingerprint density at radius 1 is 0.974 bits per heavy atom. The molecular formula is C26H33ClN4O6S2. The van der Waals surface area contributed by atoms with Crippen molar-refractivity contribution in [3.05, 3.63) is 66.2 Å². The highest BCUT2D eigenvalue weighted by Crippen LogP contribution is 2.31. The first-order chi connectivity index (χ1) is 17.9. The number of hydrogen-bond acceptors (Lipinski definition) is 7. The Kier molecular flexibility index (Phi) is 9.73. The first-order valence-corrected chi connectivity index (χ1v) is 15.8. The summed E-state index contributed by atoms with van der Waals surface area (Å²) >= 11 is 0. The molecule has 0 amide bonds. The summed E-state index contributed by atoms with van der Waals surface area (Å²) in [5.74, 6) is 0.678. The van der Waals surface area contributed by atoms with E-state index < -0.39 is 26.2 Å². The fraction of sp³-hybridized carbons (Fsp3) is 0.308. The minimum atomic E-state index is -3.39. The Morgan fingerprint density at radius 3 is 2.33 bits per heavy atom. The number of rotatable bonds is 12. The molecule has 3 aromatic carbocycles. The molecule has 0 aliphatic carbocycles. The number of halogens is 1. The first-order valence-electron chi connectivity index (χ1n) is 12.1. The van der Waals surface area contributed by atoms with Crippen LogP contribution in [0.4, 0.5) is 11.4 Å². The summed E-state index contributed by atoms with van der Waals surface area (Å²) in [6.45, 7) is 3.28. The van der Waals surface area contributed by atoms with Crippen LogP contribution in [0.15, 0.2) is 60.7 Å². The van der Waals surface area contributed by atoms with E-state index in [-0.39, 0.29) is 19.0 Å². The first kappa shape index (κ1) is 30.5. The number of anilines is 2. The number of aliphatic hydroxyl groups is 1. The zero-order valence-corrected chi connectivity index (χ0v) is 24.3. The number of nitrogens with one attached hydrogen (secondary N) is 3. The van der Waals surface area contributed by atoms with Gasteiger partial charge in [-0.25, -0.2) is 16.8 Å². The van der Waals surface area contributed by atoms with Gasteiger partial charge in [-0.15, -0.1) is 12.4 Å². The third-order valence-corrected chi connectivity index (χ3v) is 7.87. The monoisotopic (exact) mass is 596 g/mol. The van der Waals surface area contributed by atoms with Crippen molar-refractivity contribution in [1.29, 1.82) is 0 Å². The molecule has 4 aromatic rings. The smallest absolute Gasteiger partial charge is 0.232 e. The van der Waals surface area contributed by atoms with Crippen LogP contribution in [-0.4, -0.2) is 65.7 Å². The van der Waals surface area contributed by atoms with E-state index >= 15 is 0 Å². The van der Waals surface area contributed by atoms with Crippen LogP contribution in [0, 0.1) is 0 Å². The molecule has 0 radical (unpaired) electrons. The summed E-state index contributed by atoms with van der Waals surface area (Å²) in [4.78, 5) is 3.35. The van der Waals surface area contributed by atoms with E-state index in [2.05, 4.69) is 15.0 Å². The van der Waals surface area contributed by atoms with Gasteiger partial charge >= 0.3 is 0 Å². The van der Waals surface area contributed by atoms with Gasteiger partial charge in [-0.2, -0.15) is 0 Å². The maximum absolute atomic E-state index is 12.1. The van der Waals surface area contributed by atoms with Crippen LogP contribution in [0.1, 0.15) is 18.6 Å². The molecule has 0 aliphatic heterocycles. The molecule has 1 atom stereocenters. The van der Waals surface area contributed by atoms with E-state index in [1.807, 2.05) is 36.4 Å². The molecule has 13 heteroatoms. The Bertz CT molecular complexity index is 1660. The number of hydrogen-bond donors (Lipinski definition) is 4. The fourth-order valence-electron chi connectivity index (χ4n) is 4.35. The molecule has 212 valence electrons. The lowest BCUT2D eigenvalue weighted by molar-refractivity contribution is 0.172. The van der Waals surface area contributed by atoms with Crippen LogP contribution in [-0.2, 0) is 20.0 Å². The second kappa shape index (κ2) is 12.4. The van der Waals surface area contributed by atoms with E-state index in [9.17, 15) is 21.9 Å². The number of H-pyrrole nitrogens is 1. The Labute approximate surface area is 234 Å². The normalized spacial score (nSPS) is 12.7. The largest absolute Gasteiger partial charge is 0.492 e. The molecule has 1 aromatic heterocycles. The molecule has 0 unspecified atom stereocenters. The lowest BCUT2D eigenvalue weighted by Gasteiger charge is -2.20. The van der Waals surface area contributed by atoms with Gasteiger partial charge in [0.05, 0.1) is 29.8 Å². The highest BCUT2D eigenvalue weighted by molar-refractivity contribution is 7.92. The van der Waals surface area contributed by atoms with Crippen LogP contribution in [0.3, 0.4) is 0 Å². The summed E-state index contributed by atoms with van der Waals surface area (Å²) < 4.78 is 56.6. The maximum Gasteiger partial charge on any atom is 0.232 e. The maximum atomic E-state index is 12.1. The number of fused-ring (bicyclic) bond motifs is 3. The fourth-order valence-corrected chi connectivity index (χ4v) is 5.87. The number of aromatic nitrogens is 1. The molecule has 0 bridgehead atoms. The van der Waals surface area contributed by atoms with Crippen molar-refractivity contribution in [2.75, 3.05) is 47.8 Å². The lowest BCUT2D eigenvalue weighted by atomic mass is 10.1. The van der Waals surface area contributed by atoms with E-state index in [4.69, 9.17) is 4.74 Å². The predicted molar refractivity (Wildman–Crippen MR) is 159 cm³/mol. The summed E-state index contributed by atoms with van der Waals surface area (Å²) in [5, 5.41) is 15.6. The van der Waals surface area contributed by atoms with Gasteiger partial charge in [-0.05, 0) is 48.9 Å². The summed E-state index contributed by atoms with van der Waals surface area (Å²) in [6.07, 6.45) is 1.46. The van der Waals surface area contributed by atoms with Crippen LogP contribution in [0.5, 0.6) is 5.75 Å². The van der Waals surface area contributed by atoms with Crippen molar-refractivity contribution >= 4 is 65.6 Å². The molecule has 10 nitrogen and oxygen atoms in total. The number of ether oxygens (including phenoxy) is 1. The Balaban J connectivity index is 0.00000420. The third kappa shape index (κ3) is 7.76. The van der Waals surface area contributed by atoms with Gasteiger partial charge in [-0.1, -0.05) is 18.2 Å². The van der Waals surface area contributed by atoms with Crippen molar-refractivity contribution in [2.24, 2.45) is 0 Å². The molecule has 4 rings (SSSR count). The zero-order valence-electron chi connectivity index (χ0n) is 21.8. The van der Waals surface area contributed by atoms with Crippen LogP contribution in [0.2, 0.25) is 0 Å². The summed E-state index contributed by atoms with van der Waals surface area (Å²) in [6, 6.07) is 17.9. The van der Waals surface area contributed by atoms with E-state index in [0.29, 0.717) is 42.4 Å². The van der Waals surface area contributed by atoms with Crippen molar-refractivity contribution < 1.29 is 26.7 Å². The highest BCUT2D eigenvalue weighted by atomic mass is 35.5. The van der Waals surface area contributed by atoms with Gasteiger partial charge in [0.1, 0.15) is 12.4 Å². The molecular weight excluding hydrogens is 564 g/mol. The van der Waals surface area contributed by atoms with Gasteiger partial charge in [0.25, 0.3) is 0 Å². The van der Waals surface area contributed by atoms with Gasteiger partial charge in [0, 0.05) is 47.7 Å². The number of benzene rings is 3. The van der Waals surface area contributed by atoms with Gasteiger partial charge in [0.2, 0.25) is 20.0 Å². The Hall–Kier alpha value is -3.03. The summed E-state index contributed by atoms with van der Waals surface area (Å²) in [7, 11) is -6.76. The molecule has 0 saturated carbocycles. The molecule has 39 heavy (non-hydrogen) atoms. The number of nitrogens with zero attached hydrogens (tertiary/aromatic N) is 1. The minimum absolute atomic E-state index is 0. The average Bonchev–Trinajstić information content (AvgIpc) is 3.19. The van der Waals surface area contributed by atoms with E-state index in [1.165, 1.54) is 10.6 Å². The summed E-state index contributed by atoms with van der Waals surface area (Å²) in [5.41, 5.74) is 3.32. The van der Waals surface area contributed by atoms with Crippen molar-refractivity contribution in [3.63, 3.8) is 0 Å². The van der Waals surface area contributed by atoms with Crippen LogP contribution < -0.4 is 19.1 Å². The second-order valence-corrected chi connectivity index (χ2v) is 12.7. The third-order valence-electron chi connectivity index (χ3n) is 5.99. The minimum Gasteiger partial charge on any atom is -0.492 e. The molecule has 1 heterocycles. The number of sulfonamides is 2. The molecule has 0 aliphatic rings. The highest BCUT2D eigenvalue weighted by Gasteiger charge is 2.16. The van der Waals surface area contributed by atoms with Crippen LogP contribution in [0.25, 0.3) is 21.8 Å². The lowest BCUT2D eigenvalue weighted by Crippen LogP contribution is -2.29. The van der Waals surface area contributed by atoms with Crippen molar-refractivity contribution in [2.45, 2.75) is 13.0 Å². The SMILES string of the molecule is CCN(c1ccc2c(c1)[nH]c1cc(OCCNC[C@H](O)c3cccc(NS(C)(=O)=O)c3)ccc12)S(C)(=O)=O.Cl. The molecule has 4 N–H and O–H groups in total. The van der Waals surface area contributed by atoms with Crippen molar-refractivity contribution in [3.8, 4) is 5.75 Å². The van der Waals surface area contributed by atoms with Crippen LogP contribution >= 0.6 is 12.4 Å². The predicted octanol–water partition coefficient (Wildman–Crippen LogP) is 3.60. The van der Waals surface area contributed by atoms with E-state index in [0.717, 1.165) is 28.1 Å². The second-order valence-electron chi connectivity index (χ2n) is 9.06. The number of aliphatic hydroxyl groups excluding tert-OH is 1. The van der Waals surface area contributed by atoms with Gasteiger partial charge in [0.15, 0.2) is 0 Å². The van der Waals surface area contributed by atoms with Crippen molar-refractivity contribution in [1.82, 2.24) is 10.3 Å². The van der Waals surface area contributed by atoms with E-state index in [1.54, 1.807) is 31.2 Å². The Morgan fingerprint density at radius 2 is 1.67 bits per heavy atom. The van der Waals surface area contributed by atoms with Gasteiger partial charge < -0.3 is 20.1 Å².